The molecule has 1 heterocycles. The lowest BCUT2D eigenvalue weighted by Crippen LogP contribution is -2.35. The van der Waals surface area contributed by atoms with Gasteiger partial charge in [0.1, 0.15) is 5.75 Å². The van der Waals surface area contributed by atoms with Crippen molar-refractivity contribution in [2.45, 2.75) is 25.6 Å². The second-order valence-electron chi connectivity index (χ2n) is 4.30. The maximum Gasteiger partial charge on any atom is 0.281 e. The molecule has 0 bridgehead atoms. The van der Waals surface area contributed by atoms with Gasteiger partial charge in [-0.25, -0.2) is 10.3 Å². The van der Waals surface area contributed by atoms with Gasteiger partial charge in [0, 0.05) is 18.1 Å². The Morgan fingerprint density at radius 1 is 1.40 bits per heavy atom. The normalized spacial score (nSPS) is 18.6. The summed E-state index contributed by atoms with van der Waals surface area (Å²) in [6.45, 7) is 0.450. The molecule has 2 rings (SSSR count). The van der Waals surface area contributed by atoms with Crippen LogP contribution in [0.15, 0.2) is 18.2 Å². The molecule has 5 nitrogen and oxygen atoms in total. The molecular weight excluding hydrogens is 305 g/mol. The van der Waals surface area contributed by atoms with Crippen molar-refractivity contribution in [2.75, 3.05) is 13.2 Å². The molecule has 1 saturated heterocycles. The van der Waals surface area contributed by atoms with E-state index in [0.717, 1.165) is 19.3 Å². The van der Waals surface area contributed by atoms with Crippen molar-refractivity contribution in [2.24, 2.45) is 0 Å². The Morgan fingerprint density at radius 2 is 2.25 bits per heavy atom. The molecule has 1 atom stereocenters. The molecule has 1 aromatic carbocycles. The highest BCUT2D eigenvalue weighted by Crippen LogP contribution is 2.27. The first-order valence-electron chi connectivity index (χ1n) is 6.29. The van der Waals surface area contributed by atoms with Crippen molar-refractivity contribution >= 4 is 29.1 Å². The maximum absolute atomic E-state index is 11.6. The molecule has 1 aromatic rings. The molecule has 0 saturated carbocycles. The fraction of sp³-hybridized carbons (Fsp3) is 0.462. The number of hydroxylamine groups is 1. The van der Waals surface area contributed by atoms with Crippen LogP contribution in [0.25, 0.3) is 0 Å². The number of benzene rings is 1. The third kappa shape index (κ3) is 4.83. The van der Waals surface area contributed by atoms with Gasteiger partial charge < -0.3 is 9.47 Å². The predicted octanol–water partition coefficient (Wildman–Crippen LogP) is 2.95. The van der Waals surface area contributed by atoms with Gasteiger partial charge in [-0.1, -0.05) is 23.2 Å². The Balaban J connectivity index is 1.71. The number of hydrogen-bond donors (Lipinski definition) is 1. The zero-order chi connectivity index (χ0) is 14.4. The van der Waals surface area contributed by atoms with Crippen molar-refractivity contribution in [3.05, 3.63) is 28.2 Å². The van der Waals surface area contributed by atoms with Gasteiger partial charge in [0.2, 0.25) is 0 Å². The van der Waals surface area contributed by atoms with Crippen LogP contribution in [-0.4, -0.2) is 25.4 Å². The summed E-state index contributed by atoms with van der Waals surface area (Å²) >= 11 is 11.7. The van der Waals surface area contributed by atoms with Crippen LogP contribution in [-0.2, 0) is 14.4 Å². The topological polar surface area (TPSA) is 56.8 Å². The highest BCUT2D eigenvalue weighted by atomic mass is 35.5. The monoisotopic (exact) mass is 319 g/mol. The summed E-state index contributed by atoms with van der Waals surface area (Å²) in [6, 6.07) is 4.78. The van der Waals surface area contributed by atoms with Gasteiger partial charge >= 0.3 is 0 Å². The van der Waals surface area contributed by atoms with E-state index in [4.69, 9.17) is 37.5 Å². The minimum absolute atomic E-state index is 0.200. The van der Waals surface area contributed by atoms with Gasteiger partial charge in [-0.05, 0) is 31.0 Å². The number of carbonyl (C=O) groups excluding carboxylic acids is 1. The second-order valence-corrected chi connectivity index (χ2v) is 5.15. The van der Waals surface area contributed by atoms with Crippen molar-refractivity contribution in [1.82, 2.24) is 5.48 Å². The highest BCUT2D eigenvalue weighted by molar-refractivity contribution is 6.35. The standard InChI is InChI=1S/C13H15Cl2NO4/c14-9-4-5-11(10(15)7-9)19-8-12(17)16-20-13-3-1-2-6-18-13/h4-5,7,13H,1-3,6,8H2,(H,16,17). The summed E-state index contributed by atoms with van der Waals surface area (Å²) in [5.41, 5.74) is 2.30. The fourth-order valence-corrected chi connectivity index (χ4v) is 2.16. The van der Waals surface area contributed by atoms with Crippen molar-refractivity contribution in [3.63, 3.8) is 0 Å². The number of amides is 1. The Hall–Kier alpha value is -1.01. The molecule has 7 heteroatoms. The van der Waals surface area contributed by atoms with Gasteiger partial charge in [-0.15, -0.1) is 0 Å². The Morgan fingerprint density at radius 3 is 2.95 bits per heavy atom. The van der Waals surface area contributed by atoms with Crippen molar-refractivity contribution in [3.8, 4) is 5.75 Å². The summed E-state index contributed by atoms with van der Waals surface area (Å²) in [4.78, 5) is 16.7. The van der Waals surface area contributed by atoms with Gasteiger partial charge in [0.25, 0.3) is 5.91 Å². The maximum atomic E-state index is 11.6. The molecule has 1 fully saturated rings. The minimum Gasteiger partial charge on any atom is -0.482 e. The van der Waals surface area contributed by atoms with Crippen LogP contribution in [0.2, 0.25) is 10.0 Å². The second kappa shape index (κ2) is 7.69. The molecular formula is C13H15Cl2NO4. The molecule has 0 aromatic heterocycles. The van der Waals surface area contributed by atoms with Crippen LogP contribution in [0.5, 0.6) is 5.75 Å². The van der Waals surface area contributed by atoms with Crippen LogP contribution >= 0.6 is 23.2 Å². The Kier molecular flexibility index (Phi) is 5.91. The van der Waals surface area contributed by atoms with E-state index in [0.29, 0.717) is 22.4 Å². The molecule has 1 aliphatic rings. The molecule has 1 unspecified atom stereocenters. The lowest BCUT2D eigenvalue weighted by atomic mass is 10.2. The quantitative estimate of drug-likeness (QED) is 0.848. The van der Waals surface area contributed by atoms with E-state index in [1.165, 1.54) is 0 Å². The van der Waals surface area contributed by atoms with Gasteiger partial charge in [-0.2, -0.15) is 0 Å². The lowest BCUT2D eigenvalue weighted by Gasteiger charge is -2.22. The van der Waals surface area contributed by atoms with E-state index in [1.54, 1.807) is 18.2 Å². The van der Waals surface area contributed by atoms with Crippen LogP contribution in [0.1, 0.15) is 19.3 Å². The highest BCUT2D eigenvalue weighted by Gasteiger charge is 2.16. The van der Waals surface area contributed by atoms with Crippen LogP contribution < -0.4 is 10.2 Å². The van der Waals surface area contributed by atoms with Crippen LogP contribution in [0.4, 0.5) is 0 Å². The van der Waals surface area contributed by atoms with E-state index in [1.807, 2.05) is 0 Å². The zero-order valence-corrected chi connectivity index (χ0v) is 12.2. The number of carbonyl (C=O) groups is 1. The molecule has 1 aliphatic heterocycles. The van der Waals surface area contributed by atoms with Gasteiger partial charge in [0.05, 0.1) is 5.02 Å². The number of rotatable bonds is 5. The van der Waals surface area contributed by atoms with E-state index >= 15 is 0 Å². The van der Waals surface area contributed by atoms with Crippen LogP contribution in [0.3, 0.4) is 0 Å². The molecule has 1 N–H and O–H groups in total. The number of halogens is 2. The number of nitrogens with one attached hydrogen (secondary N) is 1. The SMILES string of the molecule is O=C(COc1ccc(Cl)cc1Cl)NOC1CCCCO1. The number of hydrogen-bond acceptors (Lipinski definition) is 4. The summed E-state index contributed by atoms with van der Waals surface area (Å²) in [5, 5.41) is 0.853. The lowest BCUT2D eigenvalue weighted by molar-refractivity contribution is -0.201. The summed E-state index contributed by atoms with van der Waals surface area (Å²) in [5.74, 6) is -0.0228. The van der Waals surface area contributed by atoms with Crippen LogP contribution in [0, 0.1) is 0 Å². The van der Waals surface area contributed by atoms with E-state index in [-0.39, 0.29) is 12.9 Å². The first-order chi connectivity index (χ1) is 9.65. The van der Waals surface area contributed by atoms with Crippen molar-refractivity contribution < 1.29 is 19.1 Å². The van der Waals surface area contributed by atoms with E-state index < -0.39 is 5.91 Å². The molecule has 0 spiro atoms. The number of ether oxygens (including phenoxy) is 2. The average molecular weight is 320 g/mol. The first-order valence-corrected chi connectivity index (χ1v) is 7.04. The van der Waals surface area contributed by atoms with E-state index in [9.17, 15) is 4.79 Å². The average Bonchev–Trinajstić information content (AvgIpc) is 2.45. The van der Waals surface area contributed by atoms with E-state index in [2.05, 4.69) is 5.48 Å². The van der Waals surface area contributed by atoms with Crippen molar-refractivity contribution in [1.29, 1.82) is 0 Å². The molecule has 1 amide bonds. The van der Waals surface area contributed by atoms with Gasteiger partial charge in [-0.3, -0.25) is 4.79 Å². The van der Waals surface area contributed by atoms with Gasteiger partial charge in [0.15, 0.2) is 12.9 Å². The zero-order valence-electron chi connectivity index (χ0n) is 10.7. The Bertz CT molecular complexity index is 464. The molecule has 20 heavy (non-hydrogen) atoms. The summed E-state index contributed by atoms with van der Waals surface area (Å²) in [7, 11) is 0. The smallest absolute Gasteiger partial charge is 0.281 e. The third-order valence-corrected chi connectivity index (χ3v) is 3.23. The largest absolute Gasteiger partial charge is 0.482 e. The summed E-state index contributed by atoms with van der Waals surface area (Å²) in [6.07, 6.45) is 2.43. The Labute approximate surface area is 127 Å². The first kappa shape index (κ1) is 15.4. The fourth-order valence-electron chi connectivity index (χ4n) is 1.70. The molecule has 0 aliphatic carbocycles. The molecule has 110 valence electrons. The third-order valence-electron chi connectivity index (χ3n) is 2.69. The minimum atomic E-state index is -0.412. The predicted molar refractivity (Wildman–Crippen MR) is 74.8 cm³/mol. The summed E-state index contributed by atoms with van der Waals surface area (Å²) < 4.78 is 10.6. The molecule has 0 radical (unpaired) electrons.